The first kappa shape index (κ1) is 14.3. The molecule has 1 fully saturated rings. The Kier molecular flexibility index (Phi) is 4.36. The molecule has 4 nitrogen and oxygen atoms in total. The molecule has 1 unspecified atom stereocenters. The molecule has 1 atom stereocenters. The second-order valence-electron chi connectivity index (χ2n) is 5.82. The van der Waals surface area contributed by atoms with Gasteiger partial charge in [0.15, 0.2) is 0 Å². The number of aromatic nitrogens is 1. The molecule has 2 N–H and O–H groups in total. The van der Waals surface area contributed by atoms with Gasteiger partial charge in [-0.05, 0) is 29.7 Å². The molecule has 1 aliphatic rings. The number of hydrogen-bond donors (Lipinski definition) is 1. The number of pyridine rings is 1. The lowest BCUT2D eigenvalue weighted by molar-refractivity contribution is 0.0576. The third-order valence-electron chi connectivity index (χ3n) is 4.22. The molecule has 0 bridgehead atoms. The van der Waals surface area contributed by atoms with Crippen molar-refractivity contribution in [3.05, 3.63) is 36.0 Å². The van der Waals surface area contributed by atoms with E-state index in [2.05, 4.69) is 41.2 Å². The number of ether oxygens (including phenoxy) is 1. The van der Waals surface area contributed by atoms with Crippen LogP contribution < -0.4 is 10.6 Å². The maximum atomic E-state index is 5.82. The summed E-state index contributed by atoms with van der Waals surface area (Å²) in [7, 11) is 2.12. The third kappa shape index (κ3) is 3.01. The number of fused-ring (bicyclic) bond motifs is 1. The molecule has 2 aromatic rings. The molecular weight excluding hydrogens is 262 g/mol. The molecule has 3 rings (SSSR count). The second kappa shape index (κ2) is 6.41. The fraction of sp³-hybridized carbons (Fsp3) is 0.471. The van der Waals surface area contributed by atoms with E-state index in [1.54, 1.807) is 0 Å². The van der Waals surface area contributed by atoms with Gasteiger partial charge < -0.3 is 15.4 Å². The highest BCUT2D eigenvalue weighted by atomic mass is 16.5. The van der Waals surface area contributed by atoms with E-state index in [4.69, 9.17) is 10.5 Å². The molecule has 1 aromatic carbocycles. The van der Waals surface area contributed by atoms with Gasteiger partial charge in [0.25, 0.3) is 0 Å². The Morgan fingerprint density at radius 3 is 2.86 bits per heavy atom. The zero-order valence-corrected chi connectivity index (χ0v) is 12.6. The molecule has 112 valence electrons. The van der Waals surface area contributed by atoms with Crippen LogP contribution >= 0.6 is 0 Å². The van der Waals surface area contributed by atoms with Crippen molar-refractivity contribution in [2.24, 2.45) is 11.7 Å². The van der Waals surface area contributed by atoms with Gasteiger partial charge in [-0.25, -0.2) is 4.98 Å². The number of rotatable bonds is 4. The number of nitrogens with zero attached hydrogens (tertiary/aromatic N) is 2. The van der Waals surface area contributed by atoms with E-state index in [1.807, 2.05) is 6.20 Å². The maximum absolute atomic E-state index is 5.82. The smallest absolute Gasteiger partial charge is 0.136 e. The summed E-state index contributed by atoms with van der Waals surface area (Å²) >= 11 is 0. The Hall–Kier alpha value is -1.65. The van der Waals surface area contributed by atoms with Gasteiger partial charge in [-0.1, -0.05) is 24.3 Å². The summed E-state index contributed by atoms with van der Waals surface area (Å²) in [6.45, 7) is 3.28. The van der Waals surface area contributed by atoms with Gasteiger partial charge in [-0.3, -0.25) is 0 Å². The van der Waals surface area contributed by atoms with Crippen LogP contribution in [0.25, 0.3) is 10.8 Å². The van der Waals surface area contributed by atoms with Gasteiger partial charge in [0.05, 0.1) is 6.61 Å². The van der Waals surface area contributed by atoms with Crippen LogP contribution in [0.5, 0.6) is 0 Å². The number of benzene rings is 1. The topological polar surface area (TPSA) is 51.4 Å². The van der Waals surface area contributed by atoms with Gasteiger partial charge in [0.2, 0.25) is 0 Å². The van der Waals surface area contributed by atoms with Crippen LogP contribution in [0.1, 0.15) is 18.4 Å². The summed E-state index contributed by atoms with van der Waals surface area (Å²) in [6, 6.07) is 8.37. The van der Waals surface area contributed by atoms with Crippen molar-refractivity contribution in [2.45, 2.75) is 19.4 Å². The predicted octanol–water partition coefficient (Wildman–Crippen LogP) is 2.56. The molecule has 0 amide bonds. The minimum Gasteiger partial charge on any atom is -0.381 e. The van der Waals surface area contributed by atoms with Gasteiger partial charge in [-0.2, -0.15) is 0 Å². The molecule has 4 heteroatoms. The SMILES string of the molecule is CN(CC1CCCOC1)c1ncc(CN)c2ccccc12. The fourth-order valence-corrected chi connectivity index (χ4v) is 3.13. The molecule has 0 radical (unpaired) electrons. The Labute approximate surface area is 125 Å². The van der Waals surface area contributed by atoms with Crippen LogP contribution in [0.3, 0.4) is 0 Å². The van der Waals surface area contributed by atoms with Crippen molar-refractivity contribution in [2.75, 3.05) is 31.7 Å². The summed E-state index contributed by atoms with van der Waals surface area (Å²) < 4.78 is 5.58. The molecule has 0 spiro atoms. The minimum atomic E-state index is 0.522. The quantitative estimate of drug-likeness (QED) is 0.938. The first-order valence-electron chi connectivity index (χ1n) is 7.65. The van der Waals surface area contributed by atoms with Crippen LogP contribution in [-0.4, -0.2) is 31.8 Å². The third-order valence-corrected chi connectivity index (χ3v) is 4.22. The molecule has 2 heterocycles. The highest BCUT2D eigenvalue weighted by Crippen LogP contribution is 2.27. The van der Waals surface area contributed by atoms with Crippen molar-refractivity contribution in [3.63, 3.8) is 0 Å². The lowest BCUT2D eigenvalue weighted by Crippen LogP contribution is -2.31. The zero-order valence-electron chi connectivity index (χ0n) is 12.6. The van der Waals surface area contributed by atoms with Gasteiger partial charge in [-0.15, -0.1) is 0 Å². The first-order chi connectivity index (χ1) is 10.3. The van der Waals surface area contributed by atoms with E-state index in [1.165, 1.54) is 23.6 Å². The summed E-state index contributed by atoms with van der Waals surface area (Å²) in [4.78, 5) is 6.90. The summed E-state index contributed by atoms with van der Waals surface area (Å²) in [5.41, 5.74) is 6.92. The van der Waals surface area contributed by atoms with E-state index in [0.29, 0.717) is 12.5 Å². The number of hydrogen-bond acceptors (Lipinski definition) is 4. The monoisotopic (exact) mass is 285 g/mol. The Balaban J connectivity index is 1.89. The van der Waals surface area contributed by atoms with Crippen LogP contribution in [0, 0.1) is 5.92 Å². The molecular formula is C17H23N3O. The number of anilines is 1. The van der Waals surface area contributed by atoms with Crippen LogP contribution in [0.4, 0.5) is 5.82 Å². The summed E-state index contributed by atoms with van der Waals surface area (Å²) in [6.07, 6.45) is 4.31. The van der Waals surface area contributed by atoms with Crippen LogP contribution in [0.15, 0.2) is 30.5 Å². The minimum absolute atomic E-state index is 0.522. The van der Waals surface area contributed by atoms with Crippen molar-refractivity contribution in [1.29, 1.82) is 0 Å². The van der Waals surface area contributed by atoms with Gasteiger partial charge in [0, 0.05) is 38.3 Å². The van der Waals surface area contributed by atoms with E-state index < -0.39 is 0 Å². The van der Waals surface area contributed by atoms with Crippen molar-refractivity contribution < 1.29 is 4.74 Å². The lowest BCUT2D eigenvalue weighted by atomic mass is 10.0. The van der Waals surface area contributed by atoms with Crippen molar-refractivity contribution >= 4 is 16.6 Å². The Morgan fingerprint density at radius 1 is 1.33 bits per heavy atom. The van der Waals surface area contributed by atoms with E-state index in [9.17, 15) is 0 Å². The number of nitrogens with two attached hydrogens (primary N) is 1. The average Bonchev–Trinajstić information content (AvgIpc) is 2.54. The Morgan fingerprint density at radius 2 is 2.14 bits per heavy atom. The predicted molar refractivity (Wildman–Crippen MR) is 86.4 cm³/mol. The van der Waals surface area contributed by atoms with Gasteiger partial charge >= 0.3 is 0 Å². The van der Waals surface area contributed by atoms with E-state index in [0.717, 1.165) is 31.1 Å². The average molecular weight is 285 g/mol. The zero-order chi connectivity index (χ0) is 14.7. The maximum Gasteiger partial charge on any atom is 0.136 e. The van der Waals surface area contributed by atoms with E-state index >= 15 is 0 Å². The van der Waals surface area contributed by atoms with E-state index in [-0.39, 0.29) is 0 Å². The second-order valence-corrected chi connectivity index (χ2v) is 5.82. The van der Waals surface area contributed by atoms with Gasteiger partial charge in [0.1, 0.15) is 5.82 Å². The highest BCUT2D eigenvalue weighted by Gasteiger charge is 2.18. The Bertz CT molecular complexity index is 608. The normalized spacial score (nSPS) is 18.9. The molecule has 1 saturated heterocycles. The molecule has 0 aliphatic carbocycles. The largest absolute Gasteiger partial charge is 0.381 e. The van der Waals surface area contributed by atoms with Crippen molar-refractivity contribution in [3.8, 4) is 0 Å². The van der Waals surface area contributed by atoms with Crippen LogP contribution in [0.2, 0.25) is 0 Å². The molecule has 0 saturated carbocycles. The first-order valence-corrected chi connectivity index (χ1v) is 7.65. The standard InChI is InChI=1S/C17H23N3O/c1-20(11-13-5-4-8-21-12-13)17-16-7-3-2-6-15(16)14(9-18)10-19-17/h2-3,6-7,10,13H,4-5,8-9,11-12,18H2,1H3. The van der Waals surface area contributed by atoms with Crippen LogP contribution in [-0.2, 0) is 11.3 Å². The molecule has 1 aromatic heterocycles. The molecule has 1 aliphatic heterocycles. The summed E-state index contributed by atoms with van der Waals surface area (Å²) in [5, 5.41) is 2.39. The molecule has 21 heavy (non-hydrogen) atoms. The van der Waals surface area contributed by atoms with Crippen molar-refractivity contribution in [1.82, 2.24) is 4.98 Å². The lowest BCUT2D eigenvalue weighted by Gasteiger charge is -2.28. The highest BCUT2D eigenvalue weighted by molar-refractivity contribution is 5.94. The fourth-order valence-electron chi connectivity index (χ4n) is 3.13. The summed E-state index contributed by atoms with van der Waals surface area (Å²) in [5.74, 6) is 1.63.